The summed E-state index contributed by atoms with van der Waals surface area (Å²) in [6.45, 7) is 10.4. The normalized spacial score (nSPS) is 20.2. The van der Waals surface area contributed by atoms with Crippen molar-refractivity contribution in [3.05, 3.63) is 290 Å². The van der Waals surface area contributed by atoms with E-state index in [0.29, 0.717) is 94.9 Å². The van der Waals surface area contributed by atoms with Gasteiger partial charge in [-0.3, -0.25) is 14.6 Å². The number of ether oxygens (including phenoxy) is 10. The first-order chi connectivity index (χ1) is 61.5. The molecule has 0 radical (unpaired) electrons. The van der Waals surface area contributed by atoms with E-state index < -0.39 is 118 Å². The summed E-state index contributed by atoms with van der Waals surface area (Å²) >= 11 is 0. The zero-order chi connectivity index (χ0) is 95.1. The number of hydrogen-bond acceptors (Lipinski definition) is 19. The number of likely N-dealkylation sites (tertiary alicyclic amines) is 3. The smallest absolute Gasteiger partial charge is 0.573 e. The number of aliphatic hydroxyl groups excluding tert-OH is 2. The average molecular weight is 1890 g/mol. The van der Waals surface area contributed by atoms with Crippen LogP contribution in [0.25, 0.3) is 0 Å². The molecule has 5 fully saturated rings. The molecule has 14 rings (SSSR count). The lowest BCUT2D eigenvalue weighted by Gasteiger charge is -2.50. The molecule has 0 saturated carbocycles. The van der Waals surface area contributed by atoms with E-state index in [1.54, 1.807) is 12.1 Å². The Morgan fingerprint density at radius 1 is 0.394 bits per heavy atom. The maximum Gasteiger partial charge on any atom is 0.573 e. The van der Waals surface area contributed by atoms with Crippen molar-refractivity contribution >= 4 is 6.29 Å². The Balaban J connectivity index is 0.000000239. The van der Waals surface area contributed by atoms with E-state index in [2.05, 4.69) is 38.2 Å². The van der Waals surface area contributed by atoms with Crippen LogP contribution in [0.4, 0.5) is 79.0 Å². The van der Waals surface area contributed by atoms with E-state index in [0.717, 1.165) is 107 Å². The monoisotopic (exact) mass is 1890 g/mol. The Kier molecular flexibility index (Phi) is 34.4. The Morgan fingerprint density at radius 3 is 0.833 bits per heavy atom. The van der Waals surface area contributed by atoms with Gasteiger partial charge < -0.3 is 82.8 Å². The van der Waals surface area contributed by atoms with Crippen LogP contribution in [0.2, 0.25) is 0 Å². The largest absolute Gasteiger partial charge is 0.633 e. The van der Waals surface area contributed by atoms with Gasteiger partial charge in [0.2, 0.25) is 0 Å². The number of halogens is 18. The van der Waals surface area contributed by atoms with Crippen molar-refractivity contribution < 1.29 is 164 Å². The van der Waals surface area contributed by atoms with Gasteiger partial charge in [-0.2, -0.15) is 0 Å². The molecule has 5 heterocycles. The molecule has 5 aliphatic rings. The van der Waals surface area contributed by atoms with Crippen LogP contribution in [0, 0.1) is 23.0 Å². The number of aldehydes is 1. The Morgan fingerprint density at radius 2 is 0.621 bits per heavy atom. The van der Waals surface area contributed by atoms with Crippen LogP contribution in [0.15, 0.2) is 218 Å². The molecule has 132 heavy (non-hydrogen) atoms. The number of alkyl halides is 18. The van der Waals surface area contributed by atoms with E-state index in [1.807, 2.05) is 74.5 Å². The van der Waals surface area contributed by atoms with Crippen LogP contribution in [-0.4, -0.2) is 162 Å². The lowest BCUT2D eigenvalue weighted by molar-refractivity contribution is -0.900. The van der Waals surface area contributed by atoms with Gasteiger partial charge in [0.1, 0.15) is 64.1 Å². The molecule has 5 saturated heterocycles. The number of carbonyl (C=O) groups is 1. The van der Waals surface area contributed by atoms with Crippen LogP contribution in [0.5, 0.6) is 34.5 Å². The first-order valence-electron chi connectivity index (χ1n) is 41.4. The van der Waals surface area contributed by atoms with Crippen molar-refractivity contribution in [3.8, 4) is 34.5 Å². The van der Waals surface area contributed by atoms with Crippen molar-refractivity contribution in [3.63, 3.8) is 0 Å². The highest BCUT2D eigenvalue weighted by atomic mass is 19.4. The van der Waals surface area contributed by atoms with E-state index in [-0.39, 0.29) is 96.0 Å². The number of aliphatic hydroxyl groups is 5. The Labute approximate surface area is 751 Å². The van der Waals surface area contributed by atoms with Crippen molar-refractivity contribution in [1.82, 2.24) is 9.80 Å². The van der Waals surface area contributed by atoms with Gasteiger partial charge in [0.15, 0.2) is 12.6 Å². The quantitative estimate of drug-likeness (QED) is 0.0155. The molecule has 0 aliphatic carbocycles. The Bertz CT molecular complexity index is 4870. The van der Waals surface area contributed by atoms with E-state index in [1.165, 1.54) is 79.7 Å². The molecule has 0 bridgehead atoms. The molecule has 38 heteroatoms. The summed E-state index contributed by atoms with van der Waals surface area (Å²) in [6, 6.07) is 51.3. The standard InChI is InChI=1S/C31H31F6NO6.C31H31F6NO5.C28H25F6NO4.C3H8O2.CH4.2H2/c1-20-19-41-28(42-20)22-4-2-21(3-5-22)18-38(40)16-14-25(15-17-38)29(39,23-6-10-26(11-7-23)43-30(32,33)34)24-8-12-27(13-9-24)44-31(35,36)37;1-20-19-40-28(41-20)22-4-2-21(3-5-22)18-38-16-14-25(15-17-38)29(39,23-6-10-26(11-7-23)42-30(32,33)34)24-8-12-27(13-9-24)43-31(35,36)37;29-27(30,31)38-24-9-5-21(6-10-24)26(37,22-7-11-25(12-8-22)39-28(32,33)34)23-13-15-35(16-14-23)17-19-1-3-20(18-36)4-2-19;1-3(5)2-4;;;/h2-13,20,25,28,39H,14-19H2,1H3;2-13,20,25,28,39H,14-19H2,1H3;1-12,18,23,37H,13-17H2;3-5H,2H2,1H3;1H4;2*1H. The zero-order valence-electron chi connectivity index (χ0n) is 70.5. The lowest BCUT2D eigenvalue weighted by Crippen LogP contribution is -2.51. The molecule has 9 aromatic carbocycles. The fourth-order valence-electron chi connectivity index (χ4n) is 16.5. The molecule has 0 spiro atoms. The topological polar surface area (TPSA) is 240 Å². The minimum absolute atomic E-state index is 0. The van der Waals surface area contributed by atoms with Crippen molar-refractivity contribution in [1.29, 1.82) is 0 Å². The fraction of sp³-hybridized carbons (Fsp3) is 0.415. The minimum atomic E-state index is -4.91. The van der Waals surface area contributed by atoms with E-state index in [4.69, 9.17) is 29.2 Å². The highest BCUT2D eigenvalue weighted by Crippen LogP contribution is 2.49. The predicted molar refractivity (Wildman–Crippen MR) is 446 cm³/mol. The number of piperidine rings is 3. The van der Waals surface area contributed by atoms with Crippen LogP contribution >= 0.6 is 0 Å². The molecule has 0 aromatic heterocycles. The second-order valence-corrected chi connectivity index (χ2v) is 32.4. The third-order valence-corrected chi connectivity index (χ3v) is 22.7. The summed E-state index contributed by atoms with van der Waals surface area (Å²) in [5.41, 5.74) is 1.59. The molecule has 9 aromatic rings. The summed E-state index contributed by atoms with van der Waals surface area (Å²) in [6.07, 6.45) is -27.4. The highest BCUT2D eigenvalue weighted by Gasteiger charge is 2.48. The minimum Gasteiger partial charge on any atom is -0.633 e. The van der Waals surface area contributed by atoms with Gasteiger partial charge >= 0.3 is 38.2 Å². The molecular weight excluding hydrogens is 1790 g/mol. The summed E-state index contributed by atoms with van der Waals surface area (Å²) in [4.78, 5) is 15.3. The number of rotatable bonds is 25. The van der Waals surface area contributed by atoms with E-state index >= 15 is 0 Å². The van der Waals surface area contributed by atoms with Gasteiger partial charge in [0, 0.05) is 57.0 Å². The maximum absolute atomic E-state index is 13.7. The lowest BCUT2D eigenvalue weighted by atomic mass is 9.72. The van der Waals surface area contributed by atoms with E-state index in [9.17, 15) is 104 Å². The van der Waals surface area contributed by atoms with Crippen molar-refractivity contribution in [2.45, 2.75) is 172 Å². The number of carbonyl (C=O) groups excluding carboxylic acids is 1. The first-order valence-corrected chi connectivity index (χ1v) is 41.4. The fourth-order valence-corrected chi connectivity index (χ4v) is 16.5. The highest BCUT2D eigenvalue weighted by molar-refractivity contribution is 5.74. The molecule has 5 unspecified atom stereocenters. The van der Waals surface area contributed by atoms with Gasteiger partial charge in [-0.15, -0.1) is 79.0 Å². The SMILES string of the molecule is C.CC(O)CO.CC1COC(c2ccc(CN3CCC(C(O)(c4ccc(OC(F)(F)F)cc4)c4ccc(OC(F)(F)F)cc4)CC3)cc2)O1.CC1COC(c2ccc(C[N+]3([O-])CCC(C(O)(c4ccc(OC(F)(F)F)cc4)c4ccc(OC(F)(F)F)cc4)CC3)cc2)O1.O=Cc1ccc(CN2CCC(C(O)(c3ccc(OC(F)(F)F)cc3)c3ccc(OC(F)(F)F)cc3)CC2)cc1.[HH].[HH]. The number of benzene rings is 9. The molecule has 5 aliphatic heterocycles. The molecule has 722 valence electrons. The molecular formula is C94H103F18N3O17. The van der Waals surface area contributed by atoms with Gasteiger partial charge in [0.05, 0.1) is 51.2 Å². The van der Waals surface area contributed by atoms with Crippen LogP contribution in [0.1, 0.15) is 154 Å². The number of nitrogens with zero attached hydrogens (tertiary/aromatic N) is 3. The summed E-state index contributed by atoms with van der Waals surface area (Å²) in [7, 11) is 0. The number of quaternary nitrogens is 1. The third-order valence-electron chi connectivity index (χ3n) is 22.7. The first kappa shape index (κ1) is 104. The molecule has 20 nitrogen and oxygen atoms in total. The predicted octanol–water partition coefficient (Wildman–Crippen LogP) is 21.1. The number of hydroxylamine groups is 3. The second-order valence-electron chi connectivity index (χ2n) is 32.4. The molecule has 5 atom stereocenters. The summed E-state index contributed by atoms with van der Waals surface area (Å²) < 4.78 is 274. The molecule has 5 N–H and O–H groups in total. The summed E-state index contributed by atoms with van der Waals surface area (Å²) in [5, 5.41) is 66.2. The average Bonchev–Trinajstić information content (AvgIpc) is 0.935. The summed E-state index contributed by atoms with van der Waals surface area (Å²) in [5.74, 6) is -4.17. The molecule has 0 amide bonds. The van der Waals surface area contributed by atoms with Crippen molar-refractivity contribution in [2.75, 3.05) is 59.1 Å². The Hall–Kier alpha value is -10.3. The van der Waals surface area contributed by atoms with Gasteiger partial charge in [-0.05, 0) is 202 Å². The third kappa shape index (κ3) is 29.6. The van der Waals surface area contributed by atoms with Gasteiger partial charge in [0.25, 0.3) is 0 Å². The maximum atomic E-state index is 13.7. The second kappa shape index (κ2) is 43.8. The number of hydrogen-bond donors (Lipinski definition) is 5. The van der Waals surface area contributed by atoms with Crippen LogP contribution < -0.4 is 28.4 Å². The zero-order valence-corrected chi connectivity index (χ0v) is 70.5. The van der Waals surface area contributed by atoms with Gasteiger partial charge in [-0.1, -0.05) is 153 Å². The van der Waals surface area contributed by atoms with Crippen LogP contribution in [0.3, 0.4) is 0 Å². The van der Waals surface area contributed by atoms with Crippen LogP contribution in [-0.2, 0) is 55.4 Å². The van der Waals surface area contributed by atoms with Gasteiger partial charge in [-0.25, -0.2) is 0 Å². The van der Waals surface area contributed by atoms with Crippen molar-refractivity contribution in [2.24, 2.45) is 17.8 Å².